The quantitative estimate of drug-likeness (QED) is 0.674. The predicted molar refractivity (Wildman–Crippen MR) is 103 cm³/mol. The molecule has 0 amide bonds. The zero-order valence-electron chi connectivity index (χ0n) is 14.1. The summed E-state index contributed by atoms with van der Waals surface area (Å²) >= 11 is 3.35. The summed E-state index contributed by atoms with van der Waals surface area (Å²) in [6.45, 7) is 0.458. The van der Waals surface area contributed by atoms with Gasteiger partial charge in [0.1, 0.15) is 16.5 Å². The molecule has 1 N–H and O–H groups in total. The fourth-order valence-corrected chi connectivity index (χ4v) is 5.77. The Morgan fingerprint density at radius 2 is 2.08 bits per heavy atom. The third-order valence-corrected chi connectivity index (χ3v) is 7.06. The van der Waals surface area contributed by atoms with Gasteiger partial charge in [0.15, 0.2) is 0 Å². The molecule has 1 aliphatic rings. The van der Waals surface area contributed by atoms with E-state index in [1.54, 1.807) is 18.2 Å². The zero-order chi connectivity index (χ0) is 18.3. The molecular formula is C18H18BrN3O3S. The van der Waals surface area contributed by atoms with Crippen molar-refractivity contribution >= 4 is 37.0 Å². The normalized spacial score (nSPS) is 18.5. The molecule has 26 heavy (non-hydrogen) atoms. The van der Waals surface area contributed by atoms with Gasteiger partial charge in [-0.1, -0.05) is 28.1 Å². The van der Waals surface area contributed by atoms with Crippen molar-refractivity contribution in [2.75, 3.05) is 13.7 Å². The van der Waals surface area contributed by atoms with E-state index in [0.29, 0.717) is 22.6 Å². The van der Waals surface area contributed by atoms with Crippen molar-refractivity contribution in [3.05, 3.63) is 52.8 Å². The first-order valence-electron chi connectivity index (χ1n) is 8.31. The third-order valence-electron chi connectivity index (χ3n) is 4.64. The van der Waals surface area contributed by atoms with Crippen molar-refractivity contribution in [3.63, 3.8) is 0 Å². The standard InChI is InChI=1S/C18H18BrN3O3S/c1-25-16-9-8-12(19)11-17(16)26(23,24)22-10-4-7-15(22)18-20-13-5-2-3-6-14(13)21-18/h2-3,5-6,8-9,11,15H,4,7,10H2,1H3,(H,20,21)/t15-/m1/s1. The van der Waals surface area contributed by atoms with Crippen LogP contribution in [0.4, 0.5) is 0 Å². The summed E-state index contributed by atoms with van der Waals surface area (Å²) in [6, 6.07) is 12.4. The Bertz CT molecular complexity index is 1030. The van der Waals surface area contributed by atoms with Crippen molar-refractivity contribution in [2.24, 2.45) is 0 Å². The number of hydrogen-bond acceptors (Lipinski definition) is 4. The largest absolute Gasteiger partial charge is 0.495 e. The fourth-order valence-electron chi connectivity index (χ4n) is 3.41. The van der Waals surface area contributed by atoms with E-state index in [9.17, 15) is 8.42 Å². The van der Waals surface area contributed by atoms with E-state index in [0.717, 1.165) is 23.9 Å². The first kappa shape index (κ1) is 17.5. The van der Waals surface area contributed by atoms with E-state index in [4.69, 9.17) is 4.74 Å². The molecule has 6 nitrogen and oxygen atoms in total. The molecule has 0 saturated carbocycles. The van der Waals surface area contributed by atoms with Crippen LogP contribution in [0.1, 0.15) is 24.7 Å². The van der Waals surface area contributed by atoms with Crippen LogP contribution in [0.15, 0.2) is 51.8 Å². The molecule has 2 heterocycles. The summed E-state index contributed by atoms with van der Waals surface area (Å²) in [5.74, 6) is 1.02. The number of nitrogens with zero attached hydrogens (tertiary/aromatic N) is 2. The minimum Gasteiger partial charge on any atom is -0.495 e. The number of hydrogen-bond donors (Lipinski definition) is 1. The van der Waals surface area contributed by atoms with Gasteiger partial charge in [0.05, 0.1) is 24.2 Å². The molecule has 8 heteroatoms. The van der Waals surface area contributed by atoms with Crippen LogP contribution >= 0.6 is 15.9 Å². The minimum absolute atomic E-state index is 0.164. The van der Waals surface area contributed by atoms with Crippen molar-refractivity contribution < 1.29 is 13.2 Å². The molecule has 1 fully saturated rings. The first-order valence-corrected chi connectivity index (χ1v) is 10.5. The van der Waals surface area contributed by atoms with Crippen LogP contribution in [0.3, 0.4) is 0 Å². The topological polar surface area (TPSA) is 75.3 Å². The number of para-hydroxylation sites is 2. The Hall–Kier alpha value is -1.90. The van der Waals surface area contributed by atoms with Gasteiger partial charge in [-0.05, 0) is 43.2 Å². The number of ether oxygens (including phenoxy) is 1. The van der Waals surface area contributed by atoms with Gasteiger partial charge in [-0.2, -0.15) is 4.31 Å². The number of sulfonamides is 1. The highest BCUT2D eigenvalue weighted by Gasteiger charge is 2.39. The van der Waals surface area contributed by atoms with E-state index in [2.05, 4.69) is 25.9 Å². The Morgan fingerprint density at radius 1 is 1.27 bits per heavy atom. The summed E-state index contributed by atoms with van der Waals surface area (Å²) in [5.41, 5.74) is 1.75. The number of benzene rings is 2. The number of aromatic amines is 1. The van der Waals surface area contributed by atoms with Crippen LogP contribution in [-0.4, -0.2) is 36.3 Å². The van der Waals surface area contributed by atoms with Crippen LogP contribution in [0, 0.1) is 0 Å². The summed E-state index contributed by atoms with van der Waals surface area (Å²) in [7, 11) is -2.25. The lowest BCUT2D eigenvalue weighted by Crippen LogP contribution is -2.31. The molecule has 136 valence electrons. The number of rotatable bonds is 4. The molecular weight excluding hydrogens is 418 g/mol. The second-order valence-electron chi connectivity index (χ2n) is 6.21. The van der Waals surface area contributed by atoms with Crippen molar-refractivity contribution in [3.8, 4) is 5.75 Å². The third kappa shape index (κ3) is 2.91. The highest BCUT2D eigenvalue weighted by Crippen LogP contribution is 2.39. The van der Waals surface area contributed by atoms with E-state index >= 15 is 0 Å². The number of imidazole rings is 1. The SMILES string of the molecule is COc1ccc(Br)cc1S(=O)(=O)N1CCC[C@@H]1c1nc2ccccc2[nH]1. The molecule has 1 atom stereocenters. The van der Waals surface area contributed by atoms with E-state index < -0.39 is 10.0 Å². The monoisotopic (exact) mass is 435 g/mol. The molecule has 0 spiro atoms. The molecule has 0 unspecified atom stereocenters. The number of nitrogens with one attached hydrogen (secondary N) is 1. The van der Waals surface area contributed by atoms with Gasteiger partial charge in [-0.3, -0.25) is 0 Å². The molecule has 3 aromatic rings. The lowest BCUT2D eigenvalue weighted by atomic mass is 10.2. The summed E-state index contributed by atoms with van der Waals surface area (Å²) < 4.78 is 34.2. The van der Waals surface area contributed by atoms with Crippen LogP contribution < -0.4 is 4.74 Å². The number of H-pyrrole nitrogens is 1. The highest BCUT2D eigenvalue weighted by atomic mass is 79.9. The van der Waals surface area contributed by atoms with Gasteiger partial charge < -0.3 is 9.72 Å². The van der Waals surface area contributed by atoms with E-state index in [1.165, 1.54) is 11.4 Å². The Kier molecular flexibility index (Phi) is 4.50. The van der Waals surface area contributed by atoms with Gasteiger partial charge in [0, 0.05) is 11.0 Å². The second kappa shape index (κ2) is 6.68. The minimum atomic E-state index is -3.72. The maximum atomic E-state index is 13.3. The lowest BCUT2D eigenvalue weighted by molar-refractivity contribution is 0.374. The maximum absolute atomic E-state index is 13.3. The number of methoxy groups -OCH3 is 1. The zero-order valence-corrected chi connectivity index (χ0v) is 16.5. The Balaban J connectivity index is 1.77. The van der Waals surface area contributed by atoms with Crippen molar-refractivity contribution in [1.82, 2.24) is 14.3 Å². The van der Waals surface area contributed by atoms with Crippen LogP contribution in [0.2, 0.25) is 0 Å². The Labute approximate surface area is 160 Å². The second-order valence-corrected chi connectivity index (χ2v) is 8.98. The molecule has 0 bridgehead atoms. The molecule has 0 radical (unpaired) electrons. The molecule has 4 rings (SSSR count). The van der Waals surface area contributed by atoms with Gasteiger partial charge in [-0.15, -0.1) is 0 Å². The molecule has 1 aliphatic heterocycles. The van der Waals surface area contributed by atoms with Crippen molar-refractivity contribution in [1.29, 1.82) is 0 Å². The van der Waals surface area contributed by atoms with E-state index in [-0.39, 0.29) is 10.9 Å². The molecule has 1 aromatic heterocycles. The summed E-state index contributed by atoms with van der Waals surface area (Å²) in [4.78, 5) is 8.05. The maximum Gasteiger partial charge on any atom is 0.247 e. The Morgan fingerprint density at radius 3 is 2.85 bits per heavy atom. The smallest absolute Gasteiger partial charge is 0.247 e. The number of aromatic nitrogens is 2. The first-order chi connectivity index (χ1) is 12.5. The van der Waals surface area contributed by atoms with Gasteiger partial charge in [-0.25, -0.2) is 13.4 Å². The van der Waals surface area contributed by atoms with Crippen molar-refractivity contribution in [2.45, 2.75) is 23.8 Å². The highest BCUT2D eigenvalue weighted by molar-refractivity contribution is 9.10. The average Bonchev–Trinajstić information content (AvgIpc) is 3.28. The van der Waals surface area contributed by atoms with E-state index in [1.807, 2.05) is 24.3 Å². The summed E-state index contributed by atoms with van der Waals surface area (Å²) in [6.07, 6.45) is 1.52. The average molecular weight is 436 g/mol. The van der Waals surface area contributed by atoms with Gasteiger partial charge in [0.25, 0.3) is 0 Å². The number of halogens is 1. The van der Waals surface area contributed by atoms with Gasteiger partial charge >= 0.3 is 0 Å². The number of fused-ring (bicyclic) bond motifs is 1. The molecule has 1 saturated heterocycles. The lowest BCUT2D eigenvalue weighted by Gasteiger charge is -2.23. The fraction of sp³-hybridized carbons (Fsp3) is 0.278. The van der Waals surface area contributed by atoms with Gasteiger partial charge in [0.2, 0.25) is 10.0 Å². The predicted octanol–water partition coefficient (Wildman–Crippen LogP) is 3.86. The molecule has 2 aromatic carbocycles. The summed E-state index contributed by atoms with van der Waals surface area (Å²) in [5, 5.41) is 0. The van der Waals surface area contributed by atoms with Crippen LogP contribution in [-0.2, 0) is 10.0 Å². The van der Waals surface area contributed by atoms with Crippen LogP contribution in [0.5, 0.6) is 5.75 Å². The molecule has 0 aliphatic carbocycles. The van der Waals surface area contributed by atoms with Crippen LogP contribution in [0.25, 0.3) is 11.0 Å².